The van der Waals surface area contributed by atoms with Crippen molar-refractivity contribution in [2.45, 2.75) is 13.0 Å². The Balaban J connectivity index is 1.97. The molecule has 3 aromatic rings. The SMILES string of the molecule is COc1ccc(Cl)c(/C(O)=C2/C(=O)C(=O)N(c3ccc(F)c(F)c3)C2c2ccc(C)o2)c1. The minimum absolute atomic E-state index is 0.0579. The van der Waals surface area contributed by atoms with Gasteiger partial charge in [0.25, 0.3) is 11.7 Å². The number of hydrogen-bond donors (Lipinski definition) is 1. The van der Waals surface area contributed by atoms with Gasteiger partial charge in [-0.1, -0.05) is 11.6 Å². The first-order chi connectivity index (χ1) is 15.2. The molecule has 1 aromatic heterocycles. The topological polar surface area (TPSA) is 80.0 Å². The van der Waals surface area contributed by atoms with E-state index in [0.717, 1.165) is 23.1 Å². The second kappa shape index (κ2) is 8.12. The molecular formula is C23H16ClF2NO5. The van der Waals surface area contributed by atoms with E-state index in [0.29, 0.717) is 11.5 Å². The van der Waals surface area contributed by atoms with E-state index in [2.05, 4.69) is 0 Å². The summed E-state index contributed by atoms with van der Waals surface area (Å²) in [6.45, 7) is 1.66. The summed E-state index contributed by atoms with van der Waals surface area (Å²) in [4.78, 5) is 26.9. The second-order valence-electron chi connectivity index (χ2n) is 7.06. The molecule has 2 aromatic carbocycles. The molecular weight excluding hydrogens is 444 g/mol. The van der Waals surface area contributed by atoms with Gasteiger partial charge in [0, 0.05) is 17.3 Å². The Hall–Kier alpha value is -3.65. The molecule has 32 heavy (non-hydrogen) atoms. The molecule has 1 aliphatic rings. The fraction of sp³-hybridized carbons (Fsp3) is 0.130. The first kappa shape index (κ1) is 21.6. The van der Waals surface area contributed by atoms with Crippen molar-refractivity contribution in [3.05, 3.63) is 87.8 Å². The van der Waals surface area contributed by atoms with Crippen LogP contribution in [0.1, 0.15) is 23.1 Å². The number of aryl methyl sites for hydroxylation is 1. The number of carbonyl (C=O) groups excluding carboxylic acids is 2. The van der Waals surface area contributed by atoms with Crippen LogP contribution in [-0.4, -0.2) is 23.9 Å². The first-order valence-corrected chi connectivity index (χ1v) is 9.77. The van der Waals surface area contributed by atoms with Crippen LogP contribution in [0.25, 0.3) is 5.76 Å². The summed E-state index contributed by atoms with van der Waals surface area (Å²) in [5, 5.41) is 11.2. The Kier molecular flexibility index (Phi) is 5.48. The van der Waals surface area contributed by atoms with Crippen molar-refractivity contribution < 1.29 is 32.6 Å². The van der Waals surface area contributed by atoms with Gasteiger partial charge in [0.2, 0.25) is 0 Å². The number of Topliss-reactive ketones (excluding diaryl/α,β-unsaturated/α-hetero) is 1. The van der Waals surface area contributed by atoms with Gasteiger partial charge in [0.15, 0.2) is 11.6 Å². The predicted octanol–water partition coefficient (Wildman–Crippen LogP) is 5.15. The molecule has 0 aliphatic carbocycles. The number of carbonyl (C=O) groups is 2. The molecule has 0 saturated carbocycles. The molecule has 1 saturated heterocycles. The maximum Gasteiger partial charge on any atom is 0.300 e. The second-order valence-corrected chi connectivity index (χ2v) is 7.47. The Bertz CT molecular complexity index is 1280. The average Bonchev–Trinajstić information content (AvgIpc) is 3.31. The number of ether oxygens (including phenoxy) is 1. The van der Waals surface area contributed by atoms with E-state index >= 15 is 0 Å². The highest BCUT2D eigenvalue weighted by Gasteiger charge is 2.48. The lowest BCUT2D eigenvalue weighted by Crippen LogP contribution is -2.29. The molecule has 164 valence electrons. The Morgan fingerprint density at radius 3 is 2.47 bits per heavy atom. The maximum absolute atomic E-state index is 13.9. The maximum atomic E-state index is 13.9. The summed E-state index contributed by atoms with van der Waals surface area (Å²) in [6.07, 6.45) is 0. The van der Waals surface area contributed by atoms with Crippen LogP contribution >= 0.6 is 11.6 Å². The number of aliphatic hydroxyl groups excluding tert-OH is 1. The fourth-order valence-electron chi connectivity index (χ4n) is 3.56. The van der Waals surface area contributed by atoms with Crippen LogP contribution in [0.2, 0.25) is 5.02 Å². The minimum Gasteiger partial charge on any atom is -0.507 e. The van der Waals surface area contributed by atoms with Crippen LogP contribution in [-0.2, 0) is 9.59 Å². The summed E-state index contributed by atoms with van der Waals surface area (Å²) in [5.41, 5.74) is -0.340. The van der Waals surface area contributed by atoms with Gasteiger partial charge >= 0.3 is 0 Å². The van der Waals surface area contributed by atoms with Crippen LogP contribution < -0.4 is 9.64 Å². The molecule has 2 heterocycles. The number of aliphatic hydroxyl groups is 1. The first-order valence-electron chi connectivity index (χ1n) is 9.39. The molecule has 0 radical (unpaired) electrons. The van der Waals surface area contributed by atoms with Crippen molar-refractivity contribution in [3.63, 3.8) is 0 Å². The average molecular weight is 460 g/mol. The van der Waals surface area contributed by atoms with Crippen LogP contribution in [0.5, 0.6) is 5.75 Å². The van der Waals surface area contributed by atoms with Crippen LogP contribution in [0.4, 0.5) is 14.5 Å². The zero-order valence-electron chi connectivity index (χ0n) is 16.9. The number of furan rings is 1. The van der Waals surface area contributed by atoms with Crippen LogP contribution in [0, 0.1) is 18.6 Å². The number of benzene rings is 2. The Labute approximate surface area is 186 Å². The highest BCUT2D eigenvalue weighted by molar-refractivity contribution is 6.51. The van der Waals surface area contributed by atoms with Crippen molar-refractivity contribution in [3.8, 4) is 5.75 Å². The highest BCUT2D eigenvalue weighted by atomic mass is 35.5. The van der Waals surface area contributed by atoms with Gasteiger partial charge in [0.05, 0.1) is 17.7 Å². The standard InChI is InChI=1S/C23H16ClF2NO5/c1-11-3-8-18(32-11)20-19(21(28)14-10-13(31-2)5-6-15(14)24)22(29)23(30)27(20)12-4-7-16(25)17(26)9-12/h3-10,20,28H,1-2H3/b21-19-. The molecule has 1 unspecified atom stereocenters. The number of amides is 1. The van der Waals surface area contributed by atoms with Crippen LogP contribution in [0.3, 0.4) is 0 Å². The summed E-state index contributed by atoms with van der Waals surface area (Å²) in [5.74, 6) is -3.97. The van der Waals surface area contributed by atoms with Gasteiger partial charge in [-0.25, -0.2) is 8.78 Å². The molecule has 4 rings (SSSR count). The minimum atomic E-state index is -1.24. The van der Waals surface area contributed by atoms with Crippen LogP contribution in [0.15, 0.2) is 58.5 Å². The quantitative estimate of drug-likeness (QED) is 0.331. The predicted molar refractivity (Wildman–Crippen MR) is 113 cm³/mol. The summed E-state index contributed by atoms with van der Waals surface area (Å²) < 4.78 is 38.2. The highest BCUT2D eigenvalue weighted by Crippen LogP contribution is 2.44. The van der Waals surface area contributed by atoms with Gasteiger partial charge in [-0.3, -0.25) is 14.5 Å². The van der Waals surface area contributed by atoms with Gasteiger partial charge in [-0.2, -0.15) is 0 Å². The normalized spacial score (nSPS) is 17.8. The lowest BCUT2D eigenvalue weighted by molar-refractivity contribution is -0.132. The number of anilines is 1. The summed E-state index contributed by atoms with van der Waals surface area (Å²) in [7, 11) is 1.42. The van der Waals surface area contributed by atoms with Gasteiger partial charge in [-0.05, 0) is 49.4 Å². The van der Waals surface area contributed by atoms with E-state index in [1.165, 1.54) is 25.3 Å². The lowest BCUT2D eigenvalue weighted by Gasteiger charge is -2.23. The third kappa shape index (κ3) is 3.52. The number of methoxy groups -OCH3 is 1. The number of nitrogens with zero attached hydrogens (tertiary/aromatic N) is 1. The number of rotatable bonds is 4. The van der Waals surface area contributed by atoms with E-state index in [1.54, 1.807) is 19.1 Å². The molecule has 1 fully saturated rings. The molecule has 1 amide bonds. The molecule has 1 aliphatic heterocycles. The summed E-state index contributed by atoms with van der Waals surface area (Å²) >= 11 is 6.23. The Morgan fingerprint density at radius 2 is 1.84 bits per heavy atom. The molecule has 0 spiro atoms. The van der Waals surface area contributed by atoms with Crippen molar-refractivity contribution in [1.29, 1.82) is 0 Å². The zero-order valence-corrected chi connectivity index (χ0v) is 17.6. The number of halogens is 3. The summed E-state index contributed by atoms with van der Waals surface area (Å²) in [6, 6.07) is 9.13. The Morgan fingerprint density at radius 1 is 1.09 bits per heavy atom. The molecule has 1 atom stereocenters. The number of hydrogen-bond acceptors (Lipinski definition) is 5. The number of ketones is 1. The molecule has 1 N–H and O–H groups in total. The van der Waals surface area contributed by atoms with E-state index in [9.17, 15) is 23.5 Å². The van der Waals surface area contributed by atoms with Crippen molar-refractivity contribution in [2.75, 3.05) is 12.0 Å². The van der Waals surface area contributed by atoms with Crippen molar-refractivity contribution >= 4 is 34.7 Å². The van der Waals surface area contributed by atoms with Gasteiger partial charge in [-0.15, -0.1) is 0 Å². The lowest BCUT2D eigenvalue weighted by atomic mass is 9.99. The van der Waals surface area contributed by atoms with Crippen molar-refractivity contribution in [1.82, 2.24) is 0 Å². The third-order valence-corrected chi connectivity index (χ3v) is 5.41. The zero-order chi connectivity index (χ0) is 23.2. The van der Waals surface area contributed by atoms with E-state index in [-0.39, 0.29) is 27.6 Å². The van der Waals surface area contributed by atoms with Gasteiger partial charge < -0.3 is 14.3 Å². The largest absolute Gasteiger partial charge is 0.507 e. The van der Waals surface area contributed by atoms with Gasteiger partial charge in [0.1, 0.15) is 29.1 Å². The molecule has 6 nitrogen and oxygen atoms in total. The van der Waals surface area contributed by atoms with E-state index < -0.39 is 35.1 Å². The molecule has 9 heteroatoms. The molecule has 0 bridgehead atoms. The smallest absolute Gasteiger partial charge is 0.300 e. The van der Waals surface area contributed by atoms with Crippen molar-refractivity contribution in [2.24, 2.45) is 0 Å². The fourth-order valence-corrected chi connectivity index (χ4v) is 3.77. The monoisotopic (exact) mass is 459 g/mol. The van der Waals surface area contributed by atoms with E-state index in [1.807, 2.05) is 0 Å². The third-order valence-electron chi connectivity index (χ3n) is 5.09. The van der Waals surface area contributed by atoms with E-state index in [4.69, 9.17) is 20.8 Å².